The first kappa shape index (κ1) is 20.5. The van der Waals surface area contributed by atoms with Gasteiger partial charge in [-0.2, -0.15) is 0 Å². The average Bonchev–Trinajstić information content (AvgIpc) is 3.11. The van der Waals surface area contributed by atoms with E-state index >= 15 is 0 Å². The van der Waals surface area contributed by atoms with Crippen molar-refractivity contribution in [3.8, 4) is 5.75 Å². The van der Waals surface area contributed by atoms with Gasteiger partial charge in [0.25, 0.3) is 0 Å². The zero-order chi connectivity index (χ0) is 20.2. The van der Waals surface area contributed by atoms with E-state index in [1.165, 1.54) is 0 Å². The van der Waals surface area contributed by atoms with Crippen molar-refractivity contribution in [3.05, 3.63) is 63.6 Å². The summed E-state index contributed by atoms with van der Waals surface area (Å²) < 4.78 is 11.2. The topological polar surface area (TPSA) is 42.0 Å². The summed E-state index contributed by atoms with van der Waals surface area (Å²) in [6.07, 6.45) is 1.34. The fraction of sp³-hybridized carbons (Fsp3) is 0.409. The number of rotatable bonds is 6. The summed E-state index contributed by atoms with van der Waals surface area (Å²) in [6, 6.07) is 13.5. The normalized spacial score (nSPS) is 20.3. The SMILES string of the molecule is O=C1C(Cc2c(Cl)cc(OCc3ccccc3)cc2Cl)CCN1N1CCOCC1. The Morgan fingerprint density at radius 3 is 2.41 bits per heavy atom. The lowest BCUT2D eigenvalue weighted by Crippen LogP contribution is -2.49. The van der Waals surface area contributed by atoms with Crippen LogP contribution in [0.4, 0.5) is 0 Å². The van der Waals surface area contributed by atoms with Gasteiger partial charge in [-0.1, -0.05) is 53.5 Å². The van der Waals surface area contributed by atoms with Crippen molar-refractivity contribution in [1.29, 1.82) is 0 Å². The van der Waals surface area contributed by atoms with Crippen molar-refractivity contribution in [1.82, 2.24) is 10.0 Å². The zero-order valence-corrected chi connectivity index (χ0v) is 17.7. The Kier molecular flexibility index (Phi) is 6.60. The van der Waals surface area contributed by atoms with Crippen LogP contribution in [0.1, 0.15) is 17.5 Å². The van der Waals surface area contributed by atoms with Crippen molar-refractivity contribution < 1.29 is 14.3 Å². The molecule has 5 nitrogen and oxygen atoms in total. The molecule has 4 rings (SSSR count). The first-order chi connectivity index (χ1) is 14.1. The third-order valence-electron chi connectivity index (χ3n) is 5.44. The first-order valence-electron chi connectivity index (χ1n) is 9.90. The van der Waals surface area contributed by atoms with Crippen LogP contribution in [0.2, 0.25) is 10.0 Å². The number of carbonyl (C=O) groups is 1. The molecule has 7 heteroatoms. The van der Waals surface area contributed by atoms with Crippen LogP contribution in [0.15, 0.2) is 42.5 Å². The predicted octanol–water partition coefficient (Wildman–Crippen LogP) is 4.21. The largest absolute Gasteiger partial charge is 0.489 e. The Bertz CT molecular complexity index is 833. The Morgan fingerprint density at radius 2 is 1.72 bits per heavy atom. The second kappa shape index (κ2) is 9.35. The second-order valence-corrected chi connectivity index (χ2v) is 8.17. The fourth-order valence-electron chi connectivity index (χ4n) is 3.83. The van der Waals surface area contributed by atoms with Crippen LogP contribution in [-0.2, 0) is 22.6 Å². The summed E-state index contributed by atoms with van der Waals surface area (Å²) in [6.45, 7) is 4.02. The quantitative estimate of drug-likeness (QED) is 0.682. The molecule has 0 aromatic heterocycles. The van der Waals surface area contributed by atoms with E-state index in [4.69, 9.17) is 32.7 Å². The van der Waals surface area contributed by atoms with Gasteiger partial charge in [0.15, 0.2) is 0 Å². The highest BCUT2D eigenvalue weighted by atomic mass is 35.5. The molecule has 2 aliphatic rings. The zero-order valence-electron chi connectivity index (χ0n) is 16.2. The summed E-state index contributed by atoms with van der Waals surface area (Å²) in [5.41, 5.74) is 1.88. The van der Waals surface area contributed by atoms with Crippen LogP contribution in [-0.4, -0.2) is 48.8 Å². The molecule has 0 radical (unpaired) electrons. The van der Waals surface area contributed by atoms with Gasteiger partial charge in [-0.05, 0) is 36.1 Å². The number of hydrogen-bond donors (Lipinski definition) is 0. The molecule has 0 bridgehead atoms. The third kappa shape index (κ3) is 4.86. The number of halogens is 2. The highest BCUT2D eigenvalue weighted by molar-refractivity contribution is 6.36. The maximum absolute atomic E-state index is 12.9. The molecule has 0 aliphatic carbocycles. The number of ether oxygens (including phenoxy) is 2. The summed E-state index contributed by atoms with van der Waals surface area (Å²) >= 11 is 13.0. The number of nitrogens with zero attached hydrogens (tertiary/aromatic N) is 2. The van der Waals surface area contributed by atoms with Gasteiger partial charge in [-0.3, -0.25) is 9.80 Å². The molecule has 0 spiro atoms. The number of morpholine rings is 1. The van der Waals surface area contributed by atoms with Crippen molar-refractivity contribution in [2.75, 3.05) is 32.8 Å². The van der Waals surface area contributed by atoms with Crippen LogP contribution >= 0.6 is 23.2 Å². The van der Waals surface area contributed by atoms with Crippen LogP contribution in [0, 0.1) is 5.92 Å². The third-order valence-corrected chi connectivity index (χ3v) is 6.11. The summed E-state index contributed by atoms with van der Waals surface area (Å²) in [5.74, 6) is 0.660. The Morgan fingerprint density at radius 1 is 1.03 bits per heavy atom. The minimum Gasteiger partial charge on any atom is -0.489 e. The molecule has 2 aromatic rings. The molecular formula is C22H24Cl2N2O3. The maximum Gasteiger partial charge on any atom is 0.240 e. The van der Waals surface area contributed by atoms with E-state index in [1.54, 1.807) is 12.1 Å². The van der Waals surface area contributed by atoms with Crippen molar-refractivity contribution in [2.24, 2.45) is 5.92 Å². The van der Waals surface area contributed by atoms with E-state index in [2.05, 4.69) is 5.01 Å². The number of amides is 1. The molecule has 1 atom stereocenters. The van der Waals surface area contributed by atoms with Crippen molar-refractivity contribution in [2.45, 2.75) is 19.4 Å². The molecule has 0 saturated carbocycles. The van der Waals surface area contributed by atoms with Gasteiger partial charge in [0, 0.05) is 35.6 Å². The van der Waals surface area contributed by atoms with Gasteiger partial charge in [0.1, 0.15) is 12.4 Å². The lowest BCUT2D eigenvalue weighted by Gasteiger charge is -2.34. The standard InChI is InChI=1S/C22H24Cl2N2O3/c23-20-13-18(29-15-16-4-2-1-3-5-16)14-21(24)19(20)12-17-6-7-26(22(17)27)25-8-10-28-11-9-25/h1-5,13-14,17H,6-12,15H2. The minimum atomic E-state index is -0.107. The summed E-state index contributed by atoms with van der Waals surface area (Å²) in [4.78, 5) is 12.9. The maximum atomic E-state index is 12.9. The lowest BCUT2D eigenvalue weighted by molar-refractivity contribution is -0.153. The van der Waals surface area contributed by atoms with Gasteiger partial charge in [-0.15, -0.1) is 0 Å². The molecule has 154 valence electrons. The molecule has 2 fully saturated rings. The van der Waals surface area contributed by atoms with Crippen LogP contribution < -0.4 is 4.74 Å². The van der Waals surface area contributed by atoms with E-state index in [9.17, 15) is 4.79 Å². The monoisotopic (exact) mass is 434 g/mol. The highest BCUT2D eigenvalue weighted by Gasteiger charge is 2.36. The van der Waals surface area contributed by atoms with Crippen LogP contribution in [0.3, 0.4) is 0 Å². The summed E-state index contributed by atoms with van der Waals surface area (Å²) in [5, 5.41) is 5.04. The molecule has 2 saturated heterocycles. The Labute approximate surface area is 181 Å². The molecular weight excluding hydrogens is 411 g/mol. The molecule has 0 N–H and O–H groups in total. The van der Waals surface area contributed by atoms with Gasteiger partial charge in [-0.25, -0.2) is 5.01 Å². The highest BCUT2D eigenvalue weighted by Crippen LogP contribution is 2.35. The molecule has 2 aromatic carbocycles. The van der Waals surface area contributed by atoms with E-state index < -0.39 is 0 Å². The lowest BCUT2D eigenvalue weighted by atomic mass is 9.98. The van der Waals surface area contributed by atoms with E-state index in [0.29, 0.717) is 42.0 Å². The average molecular weight is 435 g/mol. The molecule has 2 aliphatic heterocycles. The number of hydrogen-bond acceptors (Lipinski definition) is 4. The Balaban J connectivity index is 1.40. The van der Waals surface area contributed by atoms with Crippen LogP contribution in [0.5, 0.6) is 5.75 Å². The second-order valence-electron chi connectivity index (χ2n) is 7.36. The van der Waals surface area contributed by atoms with Gasteiger partial charge in [0.2, 0.25) is 5.91 Å². The van der Waals surface area contributed by atoms with Gasteiger partial charge >= 0.3 is 0 Å². The molecule has 1 unspecified atom stereocenters. The molecule has 1 amide bonds. The van der Waals surface area contributed by atoms with E-state index in [-0.39, 0.29) is 11.8 Å². The predicted molar refractivity (Wildman–Crippen MR) is 113 cm³/mol. The fourth-order valence-corrected chi connectivity index (χ4v) is 4.45. The first-order valence-corrected chi connectivity index (χ1v) is 10.7. The van der Waals surface area contributed by atoms with Gasteiger partial charge < -0.3 is 9.47 Å². The summed E-state index contributed by atoms with van der Waals surface area (Å²) in [7, 11) is 0. The number of hydrazine groups is 1. The van der Waals surface area contributed by atoms with Crippen LogP contribution in [0.25, 0.3) is 0 Å². The van der Waals surface area contributed by atoms with Crippen molar-refractivity contribution >= 4 is 29.1 Å². The van der Waals surface area contributed by atoms with Gasteiger partial charge in [0.05, 0.1) is 13.2 Å². The number of benzene rings is 2. The number of carbonyl (C=O) groups excluding carboxylic acids is 1. The van der Waals surface area contributed by atoms with Crippen molar-refractivity contribution in [3.63, 3.8) is 0 Å². The van der Waals surface area contributed by atoms with E-state index in [0.717, 1.165) is 37.2 Å². The molecule has 2 heterocycles. The smallest absolute Gasteiger partial charge is 0.240 e. The van der Waals surface area contributed by atoms with E-state index in [1.807, 2.05) is 35.3 Å². The molecule has 29 heavy (non-hydrogen) atoms. The minimum absolute atomic E-state index is 0.107. The Hall–Kier alpha value is -1.79.